The minimum absolute atomic E-state index is 0.0817. The first-order valence-corrected chi connectivity index (χ1v) is 13.3. The summed E-state index contributed by atoms with van der Waals surface area (Å²) in [6, 6.07) is 16.1. The SMILES string of the molecule is CC1(C)CCC(N(CCOc2ccc(-c3cccc(N4C=CCC4=O)c3)cc2)C(=O)OC(C)(C)C)CC1. The van der Waals surface area contributed by atoms with Gasteiger partial charge in [0.15, 0.2) is 0 Å². The van der Waals surface area contributed by atoms with Crippen LogP contribution in [0.15, 0.2) is 60.8 Å². The molecule has 0 saturated heterocycles. The number of hydrogen-bond donors (Lipinski definition) is 0. The number of carbonyl (C=O) groups is 2. The van der Waals surface area contributed by atoms with Crippen LogP contribution in [-0.4, -0.2) is 41.7 Å². The maximum Gasteiger partial charge on any atom is 0.410 e. The summed E-state index contributed by atoms with van der Waals surface area (Å²) in [5.41, 5.74) is 2.74. The van der Waals surface area contributed by atoms with Crippen molar-refractivity contribution in [2.24, 2.45) is 5.41 Å². The Kier molecular flexibility index (Phi) is 7.96. The van der Waals surface area contributed by atoms with Gasteiger partial charge >= 0.3 is 6.09 Å². The van der Waals surface area contributed by atoms with E-state index in [4.69, 9.17) is 9.47 Å². The number of benzene rings is 2. The van der Waals surface area contributed by atoms with Gasteiger partial charge in [-0.15, -0.1) is 0 Å². The fraction of sp³-hybridized carbons (Fsp3) is 0.484. The van der Waals surface area contributed by atoms with Gasteiger partial charge in [-0.2, -0.15) is 0 Å². The monoisotopic (exact) mass is 504 g/mol. The summed E-state index contributed by atoms with van der Waals surface area (Å²) in [7, 11) is 0. The molecule has 6 heteroatoms. The summed E-state index contributed by atoms with van der Waals surface area (Å²) in [6.07, 6.45) is 8.05. The highest BCUT2D eigenvalue weighted by Crippen LogP contribution is 2.37. The molecule has 0 bridgehead atoms. The van der Waals surface area contributed by atoms with Crippen LogP contribution >= 0.6 is 0 Å². The van der Waals surface area contributed by atoms with Crippen LogP contribution in [0.2, 0.25) is 0 Å². The first-order chi connectivity index (χ1) is 17.5. The highest BCUT2D eigenvalue weighted by atomic mass is 16.6. The lowest BCUT2D eigenvalue weighted by Crippen LogP contribution is -2.47. The molecule has 0 unspecified atom stereocenters. The Hall–Kier alpha value is -3.28. The molecular weight excluding hydrogens is 464 g/mol. The highest BCUT2D eigenvalue weighted by molar-refractivity contribution is 5.99. The highest BCUT2D eigenvalue weighted by Gasteiger charge is 2.34. The van der Waals surface area contributed by atoms with E-state index in [1.807, 2.05) is 86.5 Å². The Morgan fingerprint density at radius 1 is 1.05 bits per heavy atom. The standard InChI is InChI=1S/C31H40N2O4/c1-30(2,3)37-29(35)33(25-15-17-31(4,5)18-16-25)20-21-36-27-13-11-23(12-14-27)24-8-6-9-26(22-24)32-19-7-10-28(32)34/h6-9,11-14,19,22,25H,10,15-18,20-21H2,1-5H3. The van der Waals surface area contributed by atoms with Crippen LogP contribution in [-0.2, 0) is 9.53 Å². The molecule has 6 nitrogen and oxygen atoms in total. The number of anilines is 1. The maximum absolute atomic E-state index is 13.0. The van der Waals surface area contributed by atoms with E-state index < -0.39 is 5.60 Å². The van der Waals surface area contributed by atoms with Gasteiger partial charge in [-0.3, -0.25) is 9.69 Å². The van der Waals surface area contributed by atoms with Crippen LogP contribution in [0, 0.1) is 5.41 Å². The van der Waals surface area contributed by atoms with Gasteiger partial charge < -0.3 is 14.4 Å². The van der Waals surface area contributed by atoms with Crippen molar-refractivity contribution in [1.29, 1.82) is 0 Å². The third kappa shape index (κ3) is 7.15. The zero-order valence-electron chi connectivity index (χ0n) is 22.8. The Balaban J connectivity index is 1.37. The quantitative estimate of drug-likeness (QED) is 0.400. The van der Waals surface area contributed by atoms with Crippen molar-refractivity contribution >= 4 is 17.7 Å². The minimum atomic E-state index is -0.532. The Bertz CT molecular complexity index is 1120. The summed E-state index contributed by atoms with van der Waals surface area (Å²) in [5.74, 6) is 0.838. The van der Waals surface area contributed by atoms with Crippen molar-refractivity contribution in [3.63, 3.8) is 0 Å². The molecule has 2 amide bonds. The normalized spacial score (nSPS) is 17.6. The van der Waals surface area contributed by atoms with Crippen LogP contribution in [0.3, 0.4) is 0 Å². The molecule has 37 heavy (non-hydrogen) atoms. The van der Waals surface area contributed by atoms with E-state index in [-0.39, 0.29) is 18.0 Å². The summed E-state index contributed by atoms with van der Waals surface area (Å²) in [6.45, 7) is 11.2. The summed E-state index contributed by atoms with van der Waals surface area (Å²) < 4.78 is 11.8. The van der Waals surface area contributed by atoms with Gasteiger partial charge in [-0.05, 0) is 87.3 Å². The van der Waals surface area contributed by atoms with E-state index in [1.54, 1.807) is 4.90 Å². The second-order valence-corrected chi connectivity index (χ2v) is 11.8. The third-order valence-corrected chi connectivity index (χ3v) is 7.11. The van der Waals surface area contributed by atoms with Crippen LogP contribution in [0.1, 0.15) is 66.7 Å². The van der Waals surface area contributed by atoms with E-state index in [0.29, 0.717) is 25.0 Å². The fourth-order valence-corrected chi connectivity index (χ4v) is 4.95. The van der Waals surface area contributed by atoms with Crippen molar-refractivity contribution in [1.82, 2.24) is 4.90 Å². The maximum atomic E-state index is 13.0. The Morgan fingerprint density at radius 2 is 1.76 bits per heavy atom. The molecule has 2 aromatic rings. The Labute approximate surface area is 221 Å². The largest absolute Gasteiger partial charge is 0.492 e. The summed E-state index contributed by atoms with van der Waals surface area (Å²) in [5, 5.41) is 0. The predicted molar refractivity (Wildman–Crippen MR) is 148 cm³/mol. The molecule has 198 valence electrons. The Morgan fingerprint density at radius 3 is 2.38 bits per heavy atom. The zero-order valence-corrected chi connectivity index (χ0v) is 22.8. The molecule has 2 aromatic carbocycles. The van der Waals surface area contributed by atoms with Crippen LogP contribution in [0.25, 0.3) is 11.1 Å². The van der Waals surface area contributed by atoms with Crippen molar-refractivity contribution in [2.75, 3.05) is 18.1 Å². The lowest BCUT2D eigenvalue weighted by atomic mass is 9.75. The van der Waals surface area contributed by atoms with Crippen LogP contribution < -0.4 is 9.64 Å². The molecule has 0 atom stereocenters. The number of amides is 2. The first-order valence-electron chi connectivity index (χ1n) is 13.3. The lowest BCUT2D eigenvalue weighted by Gasteiger charge is -2.40. The summed E-state index contributed by atoms with van der Waals surface area (Å²) in [4.78, 5) is 28.7. The second kappa shape index (κ2) is 11.0. The van der Waals surface area contributed by atoms with Gasteiger partial charge in [0, 0.05) is 24.4 Å². The van der Waals surface area contributed by atoms with Crippen LogP contribution in [0.5, 0.6) is 5.75 Å². The van der Waals surface area contributed by atoms with Crippen LogP contribution in [0.4, 0.5) is 10.5 Å². The number of ether oxygens (including phenoxy) is 2. The molecular formula is C31H40N2O4. The average Bonchev–Trinajstić information content (AvgIpc) is 3.27. The fourth-order valence-electron chi connectivity index (χ4n) is 4.95. The molecule has 0 N–H and O–H groups in total. The molecule has 4 rings (SSSR count). The third-order valence-electron chi connectivity index (χ3n) is 7.11. The van der Waals surface area contributed by atoms with Crippen molar-refractivity contribution in [3.05, 3.63) is 60.8 Å². The van der Waals surface area contributed by atoms with Crippen molar-refractivity contribution in [2.45, 2.75) is 78.4 Å². The molecule has 2 aliphatic rings. The number of carbonyl (C=O) groups excluding carboxylic acids is 2. The molecule has 1 fully saturated rings. The van der Waals surface area contributed by atoms with E-state index in [0.717, 1.165) is 48.2 Å². The first kappa shape index (κ1) is 26.8. The molecule has 1 heterocycles. The van der Waals surface area contributed by atoms with Gasteiger partial charge in [-0.1, -0.05) is 44.2 Å². The number of rotatable bonds is 7. The van der Waals surface area contributed by atoms with Gasteiger partial charge in [0.1, 0.15) is 18.0 Å². The average molecular weight is 505 g/mol. The van der Waals surface area contributed by atoms with Gasteiger partial charge in [0.05, 0.1) is 6.54 Å². The molecule has 1 aliphatic carbocycles. The molecule has 0 spiro atoms. The van der Waals surface area contributed by atoms with E-state index in [1.165, 1.54) is 0 Å². The second-order valence-electron chi connectivity index (χ2n) is 11.8. The molecule has 1 saturated carbocycles. The van der Waals surface area contributed by atoms with Gasteiger partial charge in [0.25, 0.3) is 0 Å². The minimum Gasteiger partial charge on any atom is -0.492 e. The lowest BCUT2D eigenvalue weighted by molar-refractivity contribution is -0.116. The van der Waals surface area contributed by atoms with Crippen molar-refractivity contribution in [3.8, 4) is 16.9 Å². The van der Waals surface area contributed by atoms with Gasteiger partial charge in [0.2, 0.25) is 5.91 Å². The number of hydrogen-bond acceptors (Lipinski definition) is 4. The molecule has 0 aromatic heterocycles. The van der Waals surface area contributed by atoms with E-state index in [9.17, 15) is 9.59 Å². The van der Waals surface area contributed by atoms with Crippen molar-refractivity contribution < 1.29 is 19.1 Å². The van der Waals surface area contributed by atoms with E-state index in [2.05, 4.69) is 13.8 Å². The van der Waals surface area contributed by atoms with E-state index >= 15 is 0 Å². The molecule has 1 aliphatic heterocycles. The van der Waals surface area contributed by atoms with Gasteiger partial charge in [-0.25, -0.2) is 4.79 Å². The smallest absolute Gasteiger partial charge is 0.410 e. The zero-order chi connectivity index (χ0) is 26.6. The molecule has 0 radical (unpaired) electrons. The summed E-state index contributed by atoms with van der Waals surface area (Å²) >= 11 is 0. The number of nitrogens with zero attached hydrogens (tertiary/aromatic N) is 2. The topological polar surface area (TPSA) is 59.1 Å². The predicted octanol–water partition coefficient (Wildman–Crippen LogP) is 7.19.